The number of hydrogen-bond donors (Lipinski definition) is 2. The second-order valence-corrected chi connectivity index (χ2v) is 5.47. The predicted molar refractivity (Wildman–Crippen MR) is 69.7 cm³/mol. The summed E-state index contributed by atoms with van der Waals surface area (Å²) in [6.07, 6.45) is 2.22. The number of benzene rings is 1. The summed E-state index contributed by atoms with van der Waals surface area (Å²) in [5, 5.41) is 12.4. The van der Waals surface area contributed by atoms with Crippen LogP contribution in [0.3, 0.4) is 0 Å². The van der Waals surface area contributed by atoms with Crippen molar-refractivity contribution in [1.29, 1.82) is 0 Å². The van der Waals surface area contributed by atoms with Gasteiger partial charge in [0.15, 0.2) is 0 Å². The summed E-state index contributed by atoms with van der Waals surface area (Å²) in [5.41, 5.74) is 0.707. The van der Waals surface area contributed by atoms with Crippen molar-refractivity contribution in [2.24, 2.45) is 5.92 Å². The van der Waals surface area contributed by atoms with Crippen LogP contribution >= 0.6 is 23.4 Å². The predicted octanol–water partition coefficient (Wildman–Crippen LogP) is 2.94. The van der Waals surface area contributed by atoms with Crippen LogP contribution < -0.4 is 5.32 Å². The van der Waals surface area contributed by atoms with E-state index in [1.165, 1.54) is 17.8 Å². The van der Waals surface area contributed by atoms with Gasteiger partial charge in [-0.15, -0.1) is 11.8 Å². The van der Waals surface area contributed by atoms with E-state index >= 15 is 0 Å². The van der Waals surface area contributed by atoms with Crippen LogP contribution in [-0.4, -0.2) is 23.9 Å². The molecule has 0 radical (unpaired) electrons. The van der Waals surface area contributed by atoms with Gasteiger partial charge in [-0.3, -0.25) is 4.79 Å². The summed E-state index contributed by atoms with van der Waals surface area (Å²) in [5.74, 6) is -1.60. The molecule has 6 heteroatoms. The van der Waals surface area contributed by atoms with Gasteiger partial charge < -0.3 is 10.4 Å². The highest BCUT2D eigenvalue weighted by atomic mass is 35.5. The van der Waals surface area contributed by atoms with Crippen molar-refractivity contribution in [2.45, 2.75) is 17.4 Å². The first kappa shape index (κ1) is 13.6. The molecule has 18 heavy (non-hydrogen) atoms. The van der Waals surface area contributed by atoms with Crippen LogP contribution in [0.25, 0.3) is 0 Å². The van der Waals surface area contributed by atoms with Crippen molar-refractivity contribution in [3.63, 3.8) is 0 Å². The summed E-state index contributed by atoms with van der Waals surface area (Å²) in [6.45, 7) is 0.406. The molecule has 0 bridgehead atoms. The van der Waals surface area contributed by atoms with E-state index in [0.29, 0.717) is 28.4 Å². The van der Waals surface area contributed by atoms with E-state index in [2.05, 4.69) is 5.32 Å². The summed E-state index contributed by atoms with van der Waals surface area (Å²) < 4.78 is 13.8. The number of nitrogens with one attached hydrogen (secondary N) is 1. The lowest BCUT2D eigenvalue weighted by molar-refractivity contribution is -0.141. The lowest BCUT2D eigenvalue weighted by atomic mass is 10.00. The van der Waals surface area contributed by atoms with Crippen LogP contribution in [0.15, 0.2) is 17.0 Å². The van der Waals surface area contributed by atoms with Gasteiger partial charge in [-0.2, -0.15) is 0 Å². The minimum absolute atomic E-state index is 0.144. The number of halogens is 2. The van der Waals surface area contributed by atoms with E-state index < -0.39 is 11.9 Å². The monoisotopic (exact) mass is 289 g/mol. The molecule has 0 aromatic heterocycles. The topological polar surface area (TPSA) is 49.3 Å². The fourth-order valence-electron chi connectivity index (χ4n) is 2.15. The van der Waals surface area contributed by atoms with Gasteiger partial charge in [0.05, 0.1) is 15.8 Å². The molecule has 3 nitrogen and oxygen atoms in total. The van der Waals surface area contributed by atoms with Crippen LogP contribution in [0.1, 0.15) is 18.0 Å². The fraction of sp³-hybridized carbons (Fsp3) is 0.417. The Morgan fingerprint density at radius 1 is 1.61 bits per heavy atom. The average molecular weight is 290 g/mol. The van der Waals surface area contributed by atoms with Gasteiger partial charge in [-0.05, 0) is 30.4 Å². The van der Waals surface area contributed by atoms with Gasteiger partial charge in [0.25, 0.3) is 0 Å². The molecule has 2 N–H and O–H groups in total. The Balaban J connectivity index is 2.23. The third-order valence-corrected chi connectivity index (χ3v) is 4.34. The van der Waals surface area contributed by atoms with E-state index in [1.807, 2.05) is 0 Å². The molecular weight excluding hydrogens is 277 g/mol. The van der Waals surface area contributed by atoms with Gasteiger partial charge in [0.1, 0.15) is 5.82 Å². The Hall–Kier alpha value is -0.780. The summed E-state index contributed by atoms with van der Waals surface area (Å²) in [6, 6.07) is 2.99. The van der Waals surface area contributed by atoms with Crippen molar-refractivity contribution >= 4 is 29.3 Å². The van der Waals surface area contributed by atoms with E-state index in [-0.39, 0.29) is 11.9 Å². The van der Waals surface area contributed by atoms with E-state index in [4.69, 9.17) is 16.7 Å². The fourth-order valence-corrected chi connectivity index (χ4v) is 3.11. The van der Waals surface area contributed by atoms with E-state index in [9.17, 15) is 9.18 Å². The lowest BCUT2D eigenvalue weighted by Crippen LogP contribution is -2.17. The molecule has 1 saturated heterocycles. The SMILES string of the molecule is CSc1c(F)cc(C2CC(C(=O)O)CN2)cc1Cl. The summed E-state index contributed by atoms with van der Waals surface area (Å²) in [4.78, 5) is 11.3. The maximum absolute atomic E-state index is 13.8. The van der Waals surface area contributed by atoms with Crippen LogP contribution in [0.5, 0.6) is 0 Å². The van der Waals surface area contributed by atoms with Crippen molar-refractivity contribution in [3.8, 4) is 0 Å². The minimum Gasteiger partial charge on any atom is -0.481 e. The van der Waals surface area contributed by atoms with Crippen molar-refractivity contribution in [1.82, 2.24) is 5.32 Å². The van der Waals surface area contributed by atoms with E-state index in [1.54, 1.807) is 12.3 Å². The smallest absolute Gasteiger partial charge is 0.307 e. The number of carboxylic acids is 1. The number of aliphatic carboxylic acids is 1. The molecule has 1 aromatic rings. The lowest BCUT2D eigenvalue weighted by Gasteiger charge is -2.13. The molecule has 0 aliphatic carbocycles. The number of thioether (sulfide) groups is 1. The van der Waals surface area contributed by atoms with Gasteiger partial charge in [-0.25, -0.2) is 4.39 Å². The third kappa shape index (κ3) is 2.63. The van der Waals surface area contributed by atoms with Crippen LogP contribution in [0, 0.1) is 11.7 Å². The molecule has 1 aromatic carbocycles. The molecule has 0 saturated carbocycles. The molecule has 2 atom stereocenters. The van der Waals surface area contributed by atoms with Gasteiger partial charge in [0, 0.05) is 12.6 Å². The number of carbonyl (C=O) groups is 1. The highest BCUT2D eigenvalue weighted by Crippen LogP contribution is 2.34. The Morgan fingerprint density at radius 3 is 2.83 bits per heavy atom. The zero-order chi connectivity index (χ0) is 13.3. The zero-order valence-corrected chi connectivity index (χ0v) is 11.3. The summed E-state index contributed by atoms with van der Waals surface area (Å²) >= 11 is 7.26. The van der Waals surface area contributed by atoms with Crippen molar-refractivity contribution < 1.29 is 14.3 Å². The molecule has 2 rings (SSSR count). The van der Waals surface area contributed by atoms with Crippen LogP contribution in [0.4, 0.5) is 4.39 Å². The van der Waals surface area contributed by atoms with Gasteiger partial charge in [0.2, 0.25) is 0 Å². The van der Waals surface area contributed by atoms with Crippen LogP contribution in [0.2, 0.25) is 5.02 Å². The molecule has 1 aliphatic heterocycles. The number of carboxylic acid groups (broad SMARTS) is 1. The number of hydrogen-bond acceptors (Lipinski definition) is 3. The molecular formula is C12H13ClFNO2S. The van der Waals surface area contributed by atoms with Crippen molar-refractivity contribution in [2.75, 3.05) is 12.8 Å². The Bertz CT molecular complexity index is 460. The maximum Gasteiger partial charge on any atom is 0.307 e. The minimum atomic E-state index is -0.822. The molecule has 0 amide bonds. The normalized spacial score (nSPS) is 23.3. The molecule has 1 aliphatic rings. The molecule has 98 valence electrons. The Kier molecular flexibility index (Phi) is 4.14. The zero-order valence-electron chi connectivity index (χ0n) is 9.74. The first-order chi connectivity index (χ1) is 8.52. The quantitative estimate of drug-likeness (QED) is 0.840. The second-order valence-electron chi connectivity index (χ2n) is 4.25. The van der Waals surface area contributed by atoms with Gasteiger partial charge >= 0.3 is 5.97 Å². The average Bonchev–Trinajstić information content (AvgIpc) is 2.77. The Morgan fingerprint density at radius 2 is 2.33 bits per heavy atom. The van der Waals surface area contributed by atoms with Gasteiger partial charge in [-0.1, -0.05) is 11.6 Å². The number of rotatable bonds is 3. The Labute approximate surface area is 114 Å². The standard InChI is InChI=1S/C12H13ClFNO2S/c1-18-11-8(13)2-6(3-9(11)14)10-4-7(5-15-10)12(16)17/h2-3,7,10,15H,4-5H2,1H3,(H,16,17). The maximum atomic E-state index is 13.8. The molecule has 1 fully saturated rings. The highest BCUT2D eigenvalue weighted by molar-refractivity contribution is 7.98. The first-order valence-electron chi connectivity index (χ1n) is 5.52. The van der Waals surface area contributed by atoms with Crippen molar-refractivity contribution in [3.05, 3.63) is 28.5 Å². The second kappa shape index (κ2) is 5.47. The summed E-state index contributed by atoms with van der Waals surface area (Å²) in [7, 11) is 0. The third-order valence-electron chi connectivity index (χ3n) is 3.11. The molecule has 2 unspecified atom stereocenters. The molecule has 0 spiro atoms. The van der Waals surface area contributed by atoms with E-state index in [0.717, 1.165) is 0 Å². The van der Waals surface area contributed by atoms with Crippen LogP contribution in [-0.2, 0) is 4.79 Å². The highest BCUT2D eigenvalue weighted by Gasteiger charge is 2.30. The molecule has 1 heterocycles. The largest absolute Gasteiger partial charge is 0.481 e. The first-order valence-corrected chi connectivity index (χ1v) is 7.12.